The molecule has 2 aliphatic rings. The van der Waals surface area contributed by atoms with Crippen LogP contribution >= 0.6 is 0 Å². The van der Waals surface area contributed by atoms with E-state index < -0.39 is 0 Å². The molecule has 0 aliphatic carbocycles. The minimum atomic E-state index is -0.0320. The number of amides is 2. The van der Waals surface area contributed by atoms with Gasteiger partial charge in [-0.3, -0.25) is 9.59 Å². The minimum Gasteiger partial charge on any atom is -0.361 e. The lowest BCUT2D eigenvalue weighted by Crippen LogP contribution is -2.53. The lowest BCUT2D eigenvalue weighted by molar-refractivity contribution is -0.138. The zero-order valence-electron chi connectivity index (χ0n) is 18.4. The van der Waals surface area contributed by atoms with Crippen LogP contribution in [-0.4, -0.2) is 77.0 Å². The zero-order valence-corrected chi connectivity index (χ0v) is 18.4. The number of aromatic nitrogens is 1. The Morgan fingerprint density at radius 2 is 1.90 bits per heavy atom. The summed E-state index contributed by atoms with van der Waals surface area (Å²) in [5.74, 6) is 0.703. The van der Waals surface area contributed by atoms with E-state index in [2.05, 4.69) is 10.1 Å². The van der Waals surface area contributed by atoms with Gasteiger partial charge in [-0.1, -0.05) is 19.0 Å². The molecule has 0 radical (unpaired) electrons. The monoisotopic (exact) mass is 404 g/mol. The third-order valence-corrected chi connectivity index (χ3v) is 6.22. The van der Waals surface area contributed by atoms with Crippen molar-refractivity contribution >= 4 is 11.8 Å². The standard InChI is InChI=1S/C22H36N4O3/c1-16(2)21(27)26(14-8-12-24-10-5-6-11-24)19-9-7-13-25(15-19)22(28)20-17(3)23-29-18(20)4/h16,19H,5-15H2,1-4H3. The highest BCUT2D eigenvalue weighted by Crippen LogP contribution is 2.23. The van der Waals surface area contributed by atoms with E-state index in [0.29, 0.717) is 23.6 Å². The summed E-state index contributed by atoms with van der Waals surface area (Å²) >= 11 is 0. The number of likely N-dealkylation sites (tertiary alicyclic amines) is 2. The first-order valence-corrected chi connectivity index (χ1v) is 11.1. The van der Waals surface area contributed by atoms with Crippen molar-refractivity contribution in [3.05, 3.63) is 17.0 Å². The molecule has 162 valence electrons. The molecule has 29 heavy (non-hydrogen) atoms. The summed E-state index contributed by atoms with van der Waals surface area (Å²) in [6.07, 6.45) is 5.43. The SMILES string of the molecule is Cc1noc(C)c1C(=O)N1CCCC(N(CCCN2CCCC2)C(=O)C(C)C)C1. The van der Waals surface area contributed by atoms with Gasteiger partial charge in [0.1, 0.15) is 11.3 Å². The average molecular weight is 405 g/mol. The smallest absolute Gasteiger partial charge is 0.259 e. The molecule has 7 nitrogen and oxygen atoms in total. The van der Waals surface area contributed by atoms with Crippen LogP contribution in [0.25, 0.3) is 0 Å². The topological polar surface area (TPSA) is 69.9 Å². The molecule has 1 aromatic heterocycles. The Morgan fingerprint density at radius 3 is 2.52 bits per heavy atom. The van der Waals surface area contributed by atoms with E-state index in [9.17, 15) is 9.59 Å². The number of carbonyl (C=O) groups is 2. The molecule has 1 aromatic rings. The van der Waals surface area contributed by atoms with Gasteiger partial charge in [-0.2, -0.15) is 0 Å². The molecular weight excluding hydrogens is 368 g/mol. The van der Waals surface area contributed by atoms with Gasteiger partial charge < -0.3 is 19.2 Å². The summed E-state index contributed by atoms with van der Waals surface area (Å²) in [5, 5.41) is 3.92. The molecule has 7 heteroatoms. The van der Waals surface area contributed by atoms with Crippen LogP contribution < -0.4 is 0 Å². The maximum Gasteiger partial charge on any atom is 0.259 e. The van der Waals surface area contributed by atoms with Gasteiger partial charge in [0, 0.05) is 31.6 Å². The molecule has 3 heterocycles. The second kappa shape index (κ2) is 9.74. The predicted octanol–water partition coefficient (Wildman–Crippen LogP) is 2.87. The fraction of sp³-hybridized carbons (Fsp3) is 0.773. The van der Waals surface area contributed by atoms with E-state index in [4.69, 9.17) is 4.52 Å². The van der Waals surface area contributed by atoms with Crippen LogP contribution in [0.3, 0.4) is 0 Å². The van der Waals surface area contributed by atoms with Crippen LogP contribution in [0.4, 0.5) is 0 Å². The van der Waals surface area contributed by atoms with E-state index in [0.717, 1.165) is 38.9 Å². The Kier molecular flexibility index (Phi) is 7.33. The van der Waals surface area contributed by atoms with Crippen molar-refractivity contribution in [2.75, 3.05) is 39.3 Å². The summed E-state index contributed by atoms with van der Waals surface area (Å²) in [6.45, 7) is 13.0. The Labute approximate surface area is 174 Å². The quantitative estimate of drug-likeness (QED) is 0.699. The highest BCUT2D eigenvalue weighted by Gasteiger charge is 2.33. The molecule has 0 aromatic carbocycles. The molecule has 2 fully saturated rings. The second-order valence-electron chi connectivity index (χ2n) is 8.84. The third kappa shape index (κ3) is 5.18. The average Bonchev–Trinajstić information content (AvgIpc) is 3.34. The van der Waals surface area contributed by atoms with Gasteiger partial charge >= 0.3 is 0 Å². The predicted molar refractivity (Wildman–Crippen MR) is 112 cm³/mol. The second-order valence-corrected chi connectivity index (χ2v) is 8.84. The van der Waals surface area contributed by atoms with Crippen molar-refractivity contribution in [3.63, 3.8) is 0 Å². The van der Waals surface area contributed by atoms with Gasteiger partial charge in [-0.05, 0) is 65.6 Å². The molecule has 2 saturated heterocycles. The Bertz CT molecular complexity index is 689. The van der Waals surface area contributed by atoms with E-state index in [1.165, 1.54) is 25.9 Å². The number of aryl methyl sites for hydroxylation is 2. The molecule has 0 spiro atoms. The fourth-order valence-corrected chi connectivity index (χ4v) is 4.62. The number of hydrogen-bond donors (Lipinski definition) is 0. The lowest BCUT2D eigenvalue weighted by Gasteiger charge is -2.40. The van der Waals surface area contributed by atoms with Crippen LogP contribution in [0.1, 0.15) is 67.8 Å². The van der Waals surface area contributed by atoms with Crippen molar-refractivity contribution in [1.82, 2.24) is 19.9 Å². The van der Waals surface area contributed by atoms with Crippen LogP contribution in [0, 0.1) is 19.8 Å². The van der Waals surface area contributed by atoms with Gasteiger partial charge in [0.15, 0.2) is 0 Å². The molecule has 2 aliphatic heterocycles. The number of hydrogen-bond acceptors (Lipinski definition) is 5. The van der Waals surface area contributed by atoms with Gasteiger partial charge in [0.2, 0.25) is 5.91 Å². The Balaban J connectivity index is 1.66. The summed E-state index contributed by atoms with van der Waals surface area (Å²) in [5.41, 5.74) is 1.21. The van der Waals surface area contributed by atoms with Crippen LogP contribution in [0.15, 0.2) is 4.52 Å². The summed E-state index contributed by atoms with van der Waals surface area (Å²) < 4.78 is 5.19. The number of rotatable bonds is 7. The first-order chi connectivity index (χ1) is 13.9. The van der Waals surface area contributed by atoms with Crippen molar-refractivity contribution in [1.29, 1.82) is 0 Å². The van der Waals surface area contributed by atoms with E-state index in [1.54, 1.807) is 13.8 Å². The highest BCUT2D eigenvalue weighted by atomic mass is 16.5. The summed E-state index contributed by atoms with van der Waals surface area (Å²) in [4.78, 5) is 32.5. The molecule has 0 bridgehead atoms. The Hall–Kier alpha value is -1.89. The highest BCUT2D eigenvalue weighted by molar-refractivity contribution is 5.96. The maximum absolute atomic E-state index is 13.1. The van der Waals surface area contributed by atoms with Crippen molar-refractivity contribution < 1.29 is 14.1 Å². The number of carbonyl (C=O) groups excluding carboxylic acids is 2. The molecule has 3 rings (SSSR count). The van der Waals surface area contributed by atoms with Crippen LogP contribution in [0.2, 0.25) is 0 Å². The minimum absolute atomic E-state index is 0.0278. The van der Waals surface area contributed by atoms with Gasteiger partial charge in [0.25, 0.3) is 5.91 Å². The zero-order chi connectivity index (χ0) is 21.0. The summed E-state index contributed by atoms with van der Waals surface area (Å²) in [7, 11) is 0. The Morgan fingerprint density at radius 1 is 1.17 bits per heavy atom. The number of nitrogens with zero attached hydrogens (tertiary/aromatic N) is 4. The first-order valence-electron chi connectivity index (χ1n) is 11.1. The number of piperidine rings is 1. The molecule has 2 amide bonds. The van der Waals surface area contributed by atoms with Crippen LogP contribution in [-0.2, 0) is 4.79 Å². The maximum atomic E-state index is 13.1. The van der Waals surface area contributed by atoms with Gasteiger partial charge in [-0.25, -0.2) is 0 Å². The fourth-order valence-electron chi connectivity index (χ4n) is 4.62. The van der Waals surface area contributed by atoms with Crippen molar-refractivity contribution in [2.45, 2.75) is 65.8 Å². The van der Waals surface area contributed by atoms with E-state index in [-0.39, 0.29) is 23.8 Å². The van der Waals surface area contributed by atoms with E-state index >= 15 is 0 Å². The molecule has 0 N–H and O–H groups in total. The summed E-state index contributed by atoms with van der Waals surface area (Å²) in [6, 6.07) is 0.0849. The molecular formula is C22H36N4O3. The third-order valence-electron chi connectivity index (χ3n) is 6.22. The molecule has 1 atom stereocenters. The van der Waals surface area contributed by atoms with Gasteiger partial charge in [-0.15, -0.1) is 0 Å². The van der Waals surface area contributed by atoms with Gasteiger partial charge in [0.05, 0.1) is 5.69 Å². The largest absolute Gasteiger partial charge is 0.361 e. The normalized spacial score (nSPS) is 20.4. The lowest BCUT2D eigenvalue weighted by atomic mass is 10.0. The van der Waals surface area contributed by atoms with Crippen LogP contribution in [0.5, 0.6) is 0 Å². The van der Waals surface area contributed by atoms with Crippen molar-refractivity contribution in [2.24, 2.45) is 5.92 Å². The first kappa shape index (κ1) is 21.8. The molecule has 0 saturated carbocycles. The van der Waals surface area contributed by atoms with E-state index in [1.807, 2.05) is 23.6 Å². The van der Waals surface area contributed by atoms with Crippen molar-refractivity contribution in [3.8, 4) is 0 Å². The molecule has 1 unspecified atom stereocenters.